The average molecular weight is 377 g/mol. The summed E-state index contributed by atoms with van der Waals surface area (Å²) in [5.74, 6) is -2.18. The summed E-state index contributed by atoms with van der Waals surface area (Å²) in [6, 6.07) is 1.49. The fraction of sp³-hybridized carbons (Fsp3) is 0.294. The van der Waals surface area contributed by atoms with E-state index in [2.05, 4.69) is 10.3 Å². The van der Waals surface area contributed by atoms with Gasteiger partial charge in [0, 0.05) is 11.3 Å². The number of carbonyl (C=O) groups is 4. The molecule has 0 bridgehead atoms. The standard InChI is InChI=1S/C17H19N3O5S/c1-7-12(9(3)21)8(2)19-13(7)17(24)25-10(4)15(23)20-16-11(14(18)22)5-6-26-16/h5-6,10,19H,1-4H3,(H2,18,22)(H,20,23). The van der Waals surface area contributed by atoms with E-state index < -0.39 is 23.9 Å². The van der Waals surface area contributed by atoms with Crippen molar-refractivity contribution < 1.29 is 23.9 Å². The molecule has 4 N–H and O–H groups in total. The molecule has 1 unspecified atom stereocenters. The van der Waals surface area contributed by atoms with Crippen LogP contribution in [-0.4, -0.2) is 34.7 Å². The predicted molar refractivity (Wildman–Crippen MR) is 96.6 cm³/mol. The lowest BCUT2D eigenvalue weighted by Crippen LogP contribution is -2.30. The lowest BCUT2D eigenvalue weighted by atomic mass is 10.1. The van der Waals surface area contributed by atoms with Crippen LogP contribution in [0.5, 0.6) is 0 Å². The number of esters is 1. The Kier molecular flexibility index (Phi) is 5.61. The van der Waals surface area contributed by atoms with E-state index in [1.165, 1.54) is 19.9 Å². The van der Waals surface area contributed by atoms with Gasteiger partial charge in [0.2, 0.25) is 0 Å². The van der Waals surface area contributed by atoms with E-state index in [1.807, 2.05) is 0 Å². The SMILES string of the molecule is CC(=O)c1c(C)[nH]c(C(=O)OC(C)C(=O)Nc2sccc2C(N)=O)c1C. The molecular weight excluding hydrogens is 358 g/mol. The van der Waals surface area contributed by atoms with Crippen LogP contribution < -0.4 is 11.1 Å². The Morgan fingerprint density at radius 2 is 1.92 bits per heavy atom. The van der Waals surface area contributed by atoms with Crippen molar-refractivity contribution in [3.63, 3.8) is 0 Å². The molecule has 138 valence electrons. The van der Waals surface area contributed by atoms with E-state index in [0.717, 1.165) is 11.3 Å². The van der Waals surface area contributed by atoms with Crippen LogP contribution in [0.15, 0.2) is 11.4 Å². The van der Waals surface area contributed by atoms with Gasteiger partial charge in [-0.3, -0.25) is 14.4 Å². The molecule has 2 rings (SSSR count). The molecule has 8 nitrogen and oxygen atoms in total. The zero-order valence-electron chi connectivity index (χ0n) is 14.8. The van der Waals surface area contributed by atoms with Gasteiger partial charge in [-0.05, 0) is 44.7 Å². The zero-order valence-corrected chi connectivity index (χ0v) is 15.6. The number of rotatable bonds is 6. The summed E-state index contributed by atoms with van der Waals surface area (Å²) in [5, 5.41) is 4.42. The number of amides is 2. The molecule has 0 aromatic carbocycles. The average Bonchev–Trinajstić information content (AvgIpc) is 3.11. The van der Waals surface area contributed by atoms with Crippen LogP contribution >= 0.6 is 11.3 Å². The Morgan fingerprint density at radius 1 is 1.27 bits per heavy atom. The fourth-order valence-electron chi connectivity index (χ4n) is 2.57. The fourth-order valence-corrected chi connectivity index (χ4v) is 3.36. The van der Waals surface area contributed by atoms with E-state index in [9.17, 15) is 19.2 Å². The van der Waals surface area contributed by atoms with Crippen molar-refractivity contribution in [1.82, 2.24) is 4.98 Å². The Bertz CT molecular complexity index is 896. The number of carbonyl (C=O) groups excluding carboxylic acids is 4. The third-order valence-corrected chi connectivity index (χ3v) is 4.64. The van der Waals surface area contributed by atoms with Gasteiger partial charge in [-0.25, -0.2) is 4.79 Å². The van der Waals surface area contributed by atoms with Crippen LogP contribution in [0.3, 0.4) is 0 Å². The molecule has 0 saturated heterocycles. The lowest BCUT2D eigenvalue weighted by molar-refractivity contribution is -0.123. The number of Topliss-reactive ketones (excluding diaryl/α,β-unsaturated/α-hetero) is 1. The minimum atomic E-state index is -1.12. The number of ether oxygens (including phenoxy) is 1. The van der Waals surface area contributed by atoms with Gasteiger partial charge in [-0.2, -0.15) is 0 Å². The number of anilines is 1. The van der Waals surface area contributed by atoms with Gasteiger partial charge >= 0.3 is 5.97 Å². The van der Waals surface area contributed by atoms with E-state index in [0.29, 0.717) is 16.8 Å². The van der Waals surface area contributed by atoms with Crippen LogP contribution in [0.1, 0.15) is 56.3 Å². The van der Waals surface area contributed by atoms with Crippen LogP contribution in [0, 0.1) is 13.8 Å². The largest absolute Gasteiger partial charge is 0.448 e. The van der Waals surface area contributed by atoms with E-state index in [1.54, 1.807) is 19.2 Å². The summed E-state index contributed by atoms with van der Waals surface area (Å²) in [5.41, 5.74) is 7.00. The predicted octanol–water partition coefficient (Wildman–Crippen LogP) is 2.18. The molecule has 0 spiro atoms. The van der Waals surface area contributed by atoms with E-state index in [4.69, 9.17) is 10.5 Å². The summed E-state index contributed by atoms with van der Waals surface area (Å²) < 4.78 is 5.17. The number of hydrogen-bond acceptors (Lipinski definition) is 6. The highest BCUT2D eigenvalue weighted by Gasteiger charge is 2.25. The monoisotopic (exact) mass is 377 g/mol. The second-order valence-corrected chi connectivity index (χ2v) is 6.66. The van der Waals surface area contributed by atoms with Crippen LogP contribution in [0.4, 0.5) is 5.00 Å². The maximum absolute atomic E-state index is 12.3. The van der Waals surface area contributed by atoms with Crippen LogP contribution in [0.25, 0.3) is 0 Å². The molecule has 0 aliphatic carbocycles. The van der Waals surface area contributed by atoms with Gasteiger partial charge in [0.25, 0.3) is 11.8 Å². The third-order valence-electron chi connectivity index (χ3n) is 3.81. The van der Waals surface area contributed by atoms with E-state index >= 15 is 0 Å². The number of aryl methyl sites for hydroxylation is 1. The van der Waals surface area contributed by atoms with Crippen LogP contribution in [-0.2, 0) is 9.53 Å². The Balaban J connectivity index is 2.10. The van der Waals surface area contributed by atoms with Gasteiger partial charge in [0.15, 0.2) is 11.9 Å². The summed E-state index contributed by atoms with van der Waals surface area (Å²) in [6.07, 6.45) is -1.12. The molecule has 2 amide bonds. The number of aromatic amines is 1. The molecule has 0 aliphatic rings. The van der Waals surface area contributed by atoms with Gasteiger partial charge in [0.05, 0.1) is 5.56 Å². The lowest BCUT2D eigenvalue weighted by Gasteiger charge is -2.13. The van der Waals surface area contributed by atoms with Gasteiger partial charge in [0.1, 0.15) is 10.7 Å². The van der Waals surface area contributed by atoms with Crippen LogP contribution in [0.2, 0.25) is 0 Å². The van der Waals surface area contributed by atoms with Crippen molar-refractivity contribution in [1.29, 1.82) is 0 Å². The normalized spacial score (nSPS) is 11.7. The van der Waals surface area contributed by atoms with E-state index in [-0.39, 0.29) is 22.0 Å². The first kappa shape index (κ1) is 19.4. The molecule has 1 atom stereocenters. The van der Waals surface area contributed by atoms with Crippen molar-refractivity contribution in [2.75, 3.05) is 5.32 Å². The maximum Gasteiger partial charge on any atom is 0.355 e. The molecular formula is C17H19N3O5S. The van der Waals surface area contributed by atoms with Crippen molar-refractivity contribution >= 4 is 39.9 Å². The summed E-state index contributed by atoms with van der Waals surface area (Å²) in [6.45, 7) is 6.12. The smallest absolute Gasteiger partial charge is 0.355 e. The van der Waals surface area contributed by atoms with Gasteiger partial charge < -0.3 is 20.8 Å². The number of ketones is 1. The summed E-state index contributed by atoms with van der Waals surface area (Å²) in [4.78, 5) is 50.3. The molecule has 9 heteroatoms. The first-order valence-corrected chi connectivity index (χ1v) is 8.60. The Morgan fingerprint density at radius 3 is 2.46 bits per heavy atom. The number of nitrogens with one attached hydrogen (secondary N) is 2. The van der Waals surface area contributed by atoms with Gasteiger partial charge in [-0.15, -0.1) is 11.3 Å². The van der Waals surface area contributed by atoms with Gasteiger partial charge in [-0.1, -0.05) is 0 Å². The highest BCUT2D eigenvalue weighted by molar-refractivity contribution is 7.14. The zero-order chi connectivity index (χ0) is 19.6. The highest BCUT2D eigenvalue weighted by atomic mass is 32.1. The minimum absolute atomic E-state index is 0.126. The number of primary amides is 1. The number of nitrogens with two attached hydrogens (primary N) is 1. The Hall–Kier alpha value is -2.94. The molecule has 2 aromatic rings. The van der Waals surface area contributed by atoms with Crippen molar-refractivity contribution in [2.24, 2.45) is 5.73 Å². The Labute approximate surface area is 153 Å². The van der Waals surface area contributed by atoms with Crippen molar-refractivity contribution in [2.45, 2.75) is 33.8 Å². The molecule has 2 heterocycles. The second kappa shape index (κ2) is 7.52. The second-order valence-electron chi connectivity index (χ2n) is 5.75. The van der Waals surface area contributed by atoms with Crippen molar-refractivity contribution in [3.8, 4) is 0 Å². The number of aromatic nitrogens is 1. The molecule has 26 heavy (non-hydrogen) atoms. The number of thiophene rings is 1. The highest BCUT2D eigenvalue weighted by Crippen LogP contribution is 2.23. The summed E-state index contributed by atoms with van der Waals surface area (Å²) >= 11 is 1.13. The molecule has 2 aromatic heterocycles. The topological polar surface area (TPSA) is 131 Å². The maximum atomic E-state index is 12.3. The molecule has 0 aliphatic heterocycles. The molecule has 0 radical (unpaired) electrons. The van der Waals surface area contributed by atoms with Crippen molar-refractivity contribution in [3.05, 3.63) is 39.5 Å². The summed E-state index contributed by atoms with van der Waals surface area (Å²) in [7, 11) is 0. The third kappa shape index (κ3) is 3.83. The molecule has 0 fully saturated rings. The number of hydrogen-bond donors (Lipinski definition) is 3. The quantitative estimate of drug-likeness (QED) is 0.524. The first-order valence-electron chi connectivity index (χ1n) is 7.72. The molecule has 0 saturated carbocycles. The first-order chi connectivity index (χ1) is 12.1. The number of H-pyrrole nitrogens is 1. The minimum Gasteiger partial charge on any atom is -0.448 e.